The van der Waals surface area contributed by atoms with E-state index in [9.17, 15) is 14.4 Å². The predicted molar refractivity (Wildman–Crippen MR) is 68.9 cm³/mol. The number of aliphatic carboxylic acids is 1. The molecule has 8 heteroatoms. The number of carbonyl (C=O) groups excluding carboxylic acids is 2. The first kappa shape index (κ1) is 14.0. The molecule has 0 saturated carbocycles. The van der Waals surface area contributed by atoms with E-state index >= 15 is 0 Å². The first-order chi connectivity index (χ1) is 9.49. The van der Waals surface area contributed by atoms with Crippen LogP contribution >= 0.6 is 0 Å². The second-order valence-corrected chi connectivity index (χ2v) is 4.64. The van der Waals surface area contributed by atoms with Crippen molar-refractivity contribution in [2.45, 2.75) is 19.9 Å². The topological polar surface area (TPSA) is 105 Å². The fourth-order valence-corrected chi connectivity index (χ4v) is 2.15. The van der Waals surface area contributed by atoms with Crippen LogP contribution in [0.25, 0.3) is 0 Å². The van der Waals surface area contributed by atoms with Crippen LogP contribution in [0.2, 0.25) is 0 Å². The summed E-state index contributed by atoms with van der Waals surface area (Å²) in [6, 6.07) is 0. The molecule has 1 aliphatic rings. The van der Waals surface area contributed by atoms with Gasteiger partial charge in [0.1, 0.15) is 6.54 Å². The zero-order valence-electron chi connectivity index (χ0n) is 11.1. The largest absolute Gasteiger partial charge is 0.480 e. The monoisotopic (exact) mass is 280 g/mol. The molecule has 0 aromatic carbocycles. The van der Waals surface area contributed by atoms with Crippen LogP contribution in [-0.2, 0) is 20.9 Å². The van der Waals surface area contributed by atoms with Gasteiger partial charge >= 0.3 is 5.97 Å². The molecule has 1 atom stereocenters. The van der Waals surface area contributed by atoms with Crippen LogP contribution in [-0.4, -0.2) is 50.7 Å². The number of aromatic nitrogens is 2. The molecule has 2 amide bonds. The van der Waals surface area contributed by atoms with Gasteiger partial charge in [-0.15, -0.1) is 0 Å². The number of hydrogen-bond acceptors (Lipinski definition) is 4. The van der Waals surface area contributed by atoms with Crippen molar-refractivity contribution in [1.29, 1.82) is 0 Å². The molecular weight excluding hydrogens is 264 g/mol. The highest BCUT2D eigenvalue weighted by molar-refractivity contribution is 5.97. The first-order valence-electron chi connectivity index (χ1n) is 6.32. The molecule has 1 aromatic heterocycles. The zero-order valence-corrected chi connectivity index (χ0v) is 11.1. The van der Waals surface area contributed by atoms with Crippen LogP contribution in [0.4, 0.5) is 5.69 Å². The molecule has 1 fully saturated rings. The summed E-state index contributed by atoms with van der Waals surface area (Å²) in [6.45, 7) is 2.62. The van der Waals surface area contributed by atoms with E-state index in [1.165, 1.54) is 17.1 Å². The van der Waals surface area contributed by atoms with Gasteiger partial charge in [0.15, 0.2) is 0 Å². The molecule has 20 heavy (non-hydrogen) atoms. The second kappa shape index (κ2) is 5.72. The van der Waals surface area contributed by atoms with Crippen molar-refractivity contribution in [3.63, 3.8) is 0 Å². The summed E-state index contributed by atoms with van der Waals surface area (Å²) in [5, 5.41) is 15.1. The average Bonchev–Trinajstić information content (AvgIpc) is 2.95. The number of carbonyl (C=O) groups is 3. The number of amides is 2. The lowest BCUT2D eigenvalue weighted by Gasteiger charge is -2.13. The van der Waals surface area contributed by atoms with E-state index in [2.05, 4.69) is 10.4 Å². The highest BCUT2D eigenvalue weighted by Gasteiger charge is 2.33. The molecule has 0 aliphatic carbocycles. The number of hydrogen-bond donors (Lipinski definition) is 2. The molecular formula is C12H16N4O4. The van der Waals surface area contributed by atoms with Crippen molar-refractivity contribution in [1.82, 2.24) is 14.7 Å². The molecule has 1 saturated heterocycles. The Morgan fingerprint density at radius 2 is 2.30 bits per heavy atom. The maximum Gasteiger partial charge on any atom is 0.325 e. The van der Waals surface area contributed by atoms with Gasteiger partial charge in [0.25, 0.3) is 0 Å². The van der Waals surface area contributed by atoms with E-state index in [0.717, 1.165) is 0 Å². The van der Waals surface area contributed by atoms with Crippen molar-refractivity contribution in [3.05, 3.63) is 12.4 Å². The fourth-order valence-electron chi connectivity index (χ4n) is 2.15. The molecule has 2 N–H and O–H groups in total. The molecule has 1 unspecified atom stereocenters. The minimum absolute atomic E-state index is 0.0192. The molecule has 0 bridgehead atoms. The summed E-state index contributed by atoms with van der Waals surface area (Å²) in [7, 11) is 0. The molecule has 0 spiro atoms. The number of carboxylic acids is 1. The van der Waals surface area contributed by atoms with Crippen LogP contribution in [0.3, 0.4) is 0 Å². The minimum Gasteiger partial charge on any atom is -0.480 e. The Kier molecular flexibility index (Phi) is 4.02. The number of nitrogens with one attached hydrogen (secondary N) is 1. The van der Waals surface area contributed by atoms with E-state index in [1.807, 2.05) is 6.92 Å². The van der Waals surface area contributed by atoms with Gasteiger partial charge < -0.3 is 15.3 Å². The van der Waals surface area contributed by atoms with Crippen LogP contribution in [0.1, 0.15) is 13.3 Å². The molecule has 1 aromatic rings. The number of rotatable bonds is 5. The summed E-state index contributed by atoms with van der Waals surface area (Å²) in [4.78, 5) is 35.7. The van der Waals surface area contributed by atoms with Gasteiger partial charge in [-0.3, -0.25) is 19.1 Å². The third-order valence-corrected chi connectivity index (χ3v) is 3.17. The Morgan fingerprint density at radius 3 is 2.90 bits per heavy atom. The Balaban J connectivity index is 1.93. The maximum absolute atomic E-state index is 12.0. The van der Waals surface area contributed by atoms with Crippen molar-refractivity contribution in [2.75, 3.05) is 18.4 Å². The SMILES string of the molecule is CCN1CC(C(=O)Nc2cnn(CC(=O)O)c2)CC1=O. The number of carboxylic acid groups (broad SMARTS) is 1. The van der Waals surface area contributed by atoms with Crippen LogP contribution in [0.15, 0.2) is 12.4 Å². The second-order valence-electron chi connectivity index (χ2n) is 4.64. The van der Waals surface area contributed by atoms with E-state index in [0.29, 0.717) is 18.8 Å². The molecule has 108 valence electrons. The van der Waals surface area contributed by atoms with E-state index in [1.54, 1.807) is 4.90 Å². The highest BCUT2D eigenvalue weighted by Crippen LogP contribution is 2.19. The summed E-state index contributed by atoms with van der Waals surface area (Å²) in [6.07, 6.45) is 3.04. The first-order valence-corrected chi connectivity index (χ1v) is 6.32. The molecule has 0 radical (unpaired) electrons. The Morgan fingerprint density at radius 1 is 1.55 bits per heavy atom. The summed E-state index contributed by atoms with van der Waals surface area (Å²) < 4.78 is 1.22. The lowest BCUT2D eigenvalue weighted by Crippen LogP contribution is -2.27. The third kappa shape index (κ3) is 3.14. The molecule has 1 aliphatic heterocycles. The lowest BCUT2D eigenvalue weighted by molar-refractivity contribution is -0.138. The summed E-state index contributed by atoms with van der Waals surface area (Å²) in [5.41, 5.74) is 0.429. The van der Waals surface area contributed by atoms with Crippen molar-refractivity contribution in [3.8, 4) is 0 Å². The molecule has 8 nitrogen and oxygen atoms in total. The average molecular weight is 280 g/mol. The predicted octanol–water partition coefficient (Wildman–Crippen LogP) is -0.225. The number of likely N-dealkylation sites (tertiary alicyclic amines) is 1. The van der Waals surface area contributed by atoms with Gasteiger partial charge in [0.05, 0.1) is 17.8 Å². The summed E-state index contributed by atoms with van der Waals surface area (Å²) in [5.74, 6) is -1.64. The number of anilines is 1. The Hall–Kier alpha value is -2.38. The van der Waals surface area contributed by atoms with Crippen molar-refractivity contribution >= 4 is 23.5 Å². The van der Waals surface area contributed by atoms with E-state index in [-0.39, 0.29) is 30.7 Å². The van der Waals surface area contributed by atoms with Crippen LogP contribution in [0.5, 0.6) is 0 Å². The zero-order chi connectivity index (χ0) is 14.7. The third-order valence-electron chi connectivity index (χ3n) is 3.17. The summed E-state index contributed by atoms with van der Waals surface area (Å²) >= 11 is 0. The van der Waals surface area contributed by atoms with Crippen LogP contribution in [0, 0.1) is 5.92 Å². The highest BCUT2D eigenvalue weighted by atomic mass is 16.4. The van der Waals surface area contributed by atoms with Gasteiger partial charge in [-0.2, -0.15) is 5.10 Å². The van der Waals surface area contributed by atoms with E-state index in [4.69, 9.17) is 5.11 Å². The van der Waals surface area contributed by atoms with Crippen molar-refractivity contribution < 1.29 is 19.5 Å². The normalized spacial score (nSPS) is 18.4. The minimum atomic E-state index is -1.01. The van der Waals surface area contributed by atoms with E-state index < -0.39 is 5.97 Å². The standard InChI is InChI=1S/C12H16N4O4/c1-2-15-5-8(3-10(15)17)12(20)14-9-4-13-16(6-9)7-11(18)19/h4,6,8H,2-3,5,7H2,1H3,(H,14,20)(H,18,19). The van der Waals surface area contributed by atoms with Gasteiger partial charge in [0.2, 0.25) is 11.8 Å². The quantitative estimate of drug-likeness (QED) is 0.775. The Bertz CT molecular complexity index is 539. The van der Waals surface area contributed by atoms with Gasteiger partial charge in [-0.25, -0.2) is 0 Å². The number of nitrogens with zero attached hydrogens (tertiary/aromatic N) is 3. The lowest BCUT2D eigenvalue weighted by atomic mass is 10.1. The van der Waals surface area contributed by atoms with Crippen molar-refractivity contribution in [2.24, 2.45) is 5.92 Å². The molecule has 2 rings (SSSR count). The maximum atomic E-state index is 12.0. The van der Waals surface area contributed by atoms with Gasteiger partial charge in [0, 0.05) is 25.7 Å². The van der Waals surface area contributed by atoms with Gasteiger partial charge in [-0.1, -0.05) is 0 Å². The molecule has 2 heterocycles. The fraction of sp³-hybridized carbons (Fsp3) is 0.500. The Labute approximate surface area is 115 Å². The smallest absolute Gasteiger partial charge is 0.325 e. The van der Waals surface area contributed by atoms with Gasteiger partial charge in [-0.05, 0) is 6.92 Å². The van der Waals surface area contributed by atoms with Crippen LogP contribution < -0.4 is 5.32 Å².